The number of ether oxygens (including phenoxy) is 1. The Balaban J connectivity index is 1.40. The Morgan fingerprint density at radius 2 is 1.87 bits per heavy atom. The Bertz CT molecular complexity index is 1200. The van der Waals surface area contributed by atoms with E-state index in [-0.39, 0.29) is 12.0 Å². The van der Waals surface area contributed by atoms with Crippen LogP contribution in [0.3, 0.4) is 0 Å². The van der Waals surface area contributed by atoms with Crippen molar-refractivity contribution in [1.82, 2.24) is 15.4 Å². The van der Waals surface area contributed by atoms with Gasteiger partial charge >= 0.3 is 0 Å². The van der Waals surface area contributed by atoms with Gasteiger partial charge in [0, 0.05) is 12.0 Å². The number of carbonyl (C=O) groups is 1. The molecule has 0 saturated heterocycles. The second-order valence-corrected chi connectivity index (χ2v) is 7.51. The molecule has 6 nitrogen and oxygen atoms in total. The highest BCUT2D eigenvalue weighted by atomic mass is 16.5. The van der Waals surface area contributed by atoms with Gasteiger partial charge < -0.3 is 9.72 Å². The standard InChI is InChI=1S/C25H24N4O2/c1-17(2)31-21-11-8-19(9-12-21)16-26-29-25(30)20-10-13-22-23(15-20)28-24(27-22)14-18-6-4-3-5-7-18/h3-13,15-17H,14H2,1-2H3,(H,27,28)(H,29,30)/b26-16-. The van der Waals surface area contributed by atoms with Gasteiger partial charge in [-0.1, -0.05) is 30.3 Å². The lowest BCUT2D eigenvalue weighted by atomic mass is 10.1. The number of imidazole rings is 1. The number of fused-ring (bicyclic) bond motifs is 1. The molecule has 0 bridgehead atoms. The van der Waals surface area contributed by atoms with Gasteiger partial charge in [-0.05, 0) is 67.4 Å². The van der Waals surface area contributed by atoms with Crippen LogP contribution < -0.4 is 10.2 Å². The second-order valence-electron chi connectivity index (χ2n) is 7.51. The lowest BCUT2D eigenvalue weighted by molar-refractivity contribution is 0.0955. The molecule has 1 heterocycles. The summed E-state index contributed by atoms with van der Waals surface area (Å²) in [5, 5.41) is 4.06. The zero-order valence-electron chi connectivity index (χ0n) is 17.5. The van der Waals surface area contributed by atoms with Crippen molar-refractivity contribution in [2.24, 2.45) is 5.10 Å². The molecular formula is C25H24N4O2. The molecule has 0 radical (unpaired) electrons. The van der Waals surface area contributed by atoms with Crippen LogP contribution >= 0.6 is 0 Å². The number of benzene rings is 3. The van der Waals surface area contributed by atoms with Crippen LogP contribution in [-0.2, 0) is 6.42 Å². The number of carbonyl (C=O) groups excluding carboxylic acids is 1. The van der Waals surface area contributed by atoms with Crippen LogP contribution in [0.4, 0.5) is 0 Å². The first-order chi connectivity index (χ1) is 15.1. The second kappa shape index (κ2) is 9.26. The normalized spacial score (nSPS) is 11.3. The summed E-state index contributed by atoms with van der Waals surface area (Å²) >= 11 is 0. The number of aromatic nitrogens is 2. The molecule has 0 unspecified atom stereocenters. The number of hydrogen-bond acceptors (Lipinski definition) is 4. The van der Waals surface area contributed by atoms with Crippen LogP contribution in [0, 0.1) is 0 Å². The number of aromatic amines is 1. The third-order valence-corrected chi connectivity index (χ3v) is 4.64. The molecule has 2 N–H and O–H groups in total. The van der Waals surface area contributed by atoms with Gasteiger partial charge in [0.1, 0.15) is 11.6 Å². The minimum atomic E-state index is -0.280. The highest BCUT2D eigenvalue weighted by Crippen LogP contribution is 2.16. The fourth-order valence-corrected chi connectivity index (χ4v) is 3.21. The quantitative estimate of drug-likeness (QED) is 0.341. The van der Waals surface area contributed by atoms with E-state index < -0.39 is 0 Å². The first kappa shape index (κ1) is 20.3. The largest absolute Gasteiger partial charge is 0.491 e. The van der Waals surface area contributed by atoms with Gasteiger partial charge in [0.25, 0.3) is 5.91 Å². The van der Waals surface area contributed by atoms with E-state index in [1.165, 1.54) is 5.56 Å². The van der Waals surface area contributed by atoms with Crippen LogP contribution in [0.5, 0.6) is 5.75 Å². The molecule has 4 aromatic rings. The van der Waals surface area contributed by atoms with E-state index in [9.17, 15) is 4.79 Å². The van der Waals surface area contributed by atoms with Gasteiger partial charge in [0.2, 0.25) is 0 Å². The Morgan fingerprint density at radius 3 is 2.61 bits per heavy atom. The molecule has 3 aromatic carbocycles. The highest BCUT2D eigenvalue weighted by molar-refractivity contribution is 5.97. The first-order valence-corrected chi connectivity index (χ1v) is 10.2. The number of rotatable bonds is 7. The number of H-pyrrole nitrogens is 1. The predicted octanol–water partition coefficient (Wildman–Crippen LogP) is 4.70. The highest BCUT2D eigenvalue weighted by Gasteiger charge is 2.09. The van der Waals surface area contributed by atoms with Crippen LogP contribution in [0.25, 0.3) is 11.0 Å². The van der Waals surface area contributed by atoms with E-state index >= 15 is 0 Å². The summed E-state index contributed by atoms with van der Waals surface area (Å²) in [5.41, 5.74) is 6.78. The molecule has 156 valence electrons. The number of hydrogen-bond donors (Lipinski definition) is 2. The lowest BCUT2D eigenvalue weighted by Gasteiger charge is -2.09. The van der Waals surface area contributed by atoms with Crippen LogP contribution in [-0.4, -0.2) is 28.2 Å². The van der Waals surface area contributed by atoms with Crippen molar-refractivity contribution < 1.29 is 9.53 Å². The predicted molar refractivity (Wildman–Crippen MR) is 123 cm³/mol. The molecular weight excluding hydrogens is 388 g/mol. The van der Waals surface area contributed by atoms with Crippen molar-refractivity contribution in [3.05, 3.63) is 95.3 Å². The summed E-state index contributed by atoms with van der Waals surface area (Å²) in [6.07, 6.45) is 2.44. The Hall–Kier alpha value is -3.93. The van der Waals surface area contributed by atoms with Crippen molar-refractivity contribution in [1.29, 1.82) is 0 Å². The van der Waals surface area contributed by atoms with Gasteiger partial charge in [-0.25, -0.2) is 10.4 Å². The maximum absolute atomic E-state index is 12.5. The van der Waals surface area contributed by atoms with Gasteiger partial charge in [-0.3, -0.25) is 4.79 Å². The summed E-state index contributed by atoms with van der Waals surface area (Å²) in [4.78, 5) is 20.4. The van der Waals surface area contributed by atoms with Crippen molar-refractivity contribution in [3.8, 4) is 5.75 Å². The molecule has 4 rings (SSSR count). The number of hydrazone groups is 1. The van der Waals surface area contributed by atoms with Crippen molar-refractivity contribution >= 4 is 23.2 Å². The van der Waals surface area contributed by atoms with E-state index in [1.54, 1.807) is 18.3 Å². The minimum Gasteiger partial charge on any atom is -0.491 e. The van der Waals surface area contributed by atoms with E-state index in [1.807, 2.05) is 62.4 Å². The maximum Gasteiger partial charge on any atom is 0.271 e. The van der Waals surface area contributed by atoms with E-state index in [2.05, 4.69) is 32.6 Å². The Morgan fingerprint density at radius 1 is 1.10 bits per heavy atom. The summed E-state index contributed by atoms with van der Waals surface area (Å²) in [6.45, 7) is 3.96. The average molecular weight is 412 g/mol. The van der Waals surface area contributed by atoms with Crippen molar-refractivity contribution in [3.63, 3.8) is 0 Å². The third kappa shape index (κ3) is 5.36. The van der Waals surface area contributed by atoms with Gasteiger partial charge in [0.15, 0.2) is 0 Å². The molecule has 31 heavy (non-hydrogen) atoms. The third-order valence-electron chi connectivity index (χ3n) is 4.64. The summed E-state index contributed by atoms with van der Waals surface area (Å²) in [6, 6.07) is 23.0. The summed E-state index contributed by atoms with van der Waals surface area (Å²) < 4.78 is 5.62. The van der Waals surface area contributed by atoms with Crippen LogP contribution in [0.15, 0.2) is 77.9 Å². The zero-order valence-corrected chi connectivity index (χ0v) is 17.5. The van der Waals surface area contributed by atoms with E-state index in [4.69, 9.17) is 4.74 Å². The minimum absolute atomic E-state index is 0.125. The molecule has 6 heteroatoms. The molecule has 0 atom stereocenters. The SMILES string of the molecule is CC(C)Oc1ccc(/C=N\NC(=O)c2ccc3nc(Cc4ccccc4)[nH]c3c2)cc1. The maximum atomic E-state index is 12.5. The van der Waals surface area contributed by atoms with Crippen molar-refractivity contribution in [2.45, 2.75) is 26.4 Å². The number of nitrogens with one attached hydrogen (secondary N) is 2. The smallest absolute Gasteiger partial charge is 0.271 e. The fraction of sp³-hybridized carbons (Fsp3) is 0.160. The molecule has 0 aliphatic carbocycles. The fourth-order valence-electron chi connectivity index (χ4n) is 3.21. The van der Waals surface area contributed by atoms with Gasteiger partial charge in [-0.2, -0.15) is 5.10 Å². The molecule has 0 fully saturated rings. The molecule has 1 amide bonds. The number of amides is 1. The zero-order chi connectivity index (χ0) is 21.6. The first-order valence-electron chi connectivity index (χ1n) is 10.2. The van der Waals surface area contributed by atoms with E-state index in [0.717, 1.165) is 28.2 Å². The van der Waals surface area contributed by atoms with Crippen LogP contribution in [0.1, 0.15) is 41.2 Å². The monoisotopic (exact) mass is 412 g/mol. The lowest BCUT2D eigenvalue weighted by Crippen LogP contribution is -2.17. The Labute approximate surface area is 181 Å². The summed E-state index contributed by atoms with van der Waals surface area (Å²) in [5.74, 6) is 1.38. The molecule has 0 saturated carbocycles. The molecule has 0 aliphatic heterocycles. The number of nitrogens with zero attached hydrogens (tertiary/aromatic N) is 2. The molecule has 1 aromatic heterocycles. The molecule has 0 aliphatic rings. The van der Waals surface area contributed by atoms with Gasteiger partial charge in [-0.15, -0.1) is 0 Å². The average Bonchev–Trinajstić information content (AvgIpc) is 3.16. The Kier molecular flexibility index (Phi) is 6.08. The van der Waals surface area contributed by atoms with Crippen molar-refractivity contribution in [2.75, 3.05) is 0 Å². The molecule has 0 spiro atoms. The van der Waals surface area contributed by atoms with Crippen LogP contribution in [0.2, 0.25) is 0 Å². The summed E-state index contributed by atoms with van der Waals surface area (Å²) in [7, 11) is 0. The topological polar surface area (TPSA) is 79.4 Å². The van der Waals surface area contributed by atoms with E-state index in [0.29, 0.717) is 12.0 Å². The van der Waals surface area contributed by atoms with Gasteiger partial charge in [0.05, 0.1) is 23.4 Å².